The summed E-state index contributed by atoms with van der Waals surface area (Å²) in [6.07, 6.45) is 2.89. The highest BCUT2D eigenvalue weighted by atomic mass is 35.5. The molecule has 2 heteroatoms. The van der Waals surface area contributed by atoms with Gasteiger partial charge in [-0.25, -0.2) is 0 Å². The van der Waals surface area contributed by atoms with Gasteiger partial charge in [0.25, 0.3) is 0 Å². The molecule has 0 N–H and O–H groups in total. The van der Waals surface area contributed by atoms with Gasteiger partial charge in [-0.1, -0.05) is 42.0 Å². The number of alkyl halides is 1. The molecule has 0 bridgehead atoms. The molecule has 2 rings (SSSR count). The van der Waals surface area contributed by atoms with Crippen LogP contribution in [0.25, 0.3) is 0 Å². The first-order valence-electron chi connectivity index (χ1n) is 7.00. The lowest BCUT2D eigenvalue weighted by atomic mass is 10.0. The highest BCUT2D eigenvalue weighted by molar-refractivity contribution is 6.20. The van der Waals surface area contributed by atoms with Gasteiger partial charge in [-0.3, -0.25) is 0 Å². The quantitative estimate of drug-likeness (QED) is 0.695. The lowest BCUT2D eigenvalue weighted by Crippen LogP contribution is -2.05. The van der Waals surface area contributed by atoms with Crippen LogP contribution < -0.4 is 4.74 Å². The van der Waals surface area contributed by atoms with Gasteiger partial charge in [0, 0.05) is 5.38 Å². The Morgan fingerprint density at radius 1 is 1.05 bits per heavy atom. The lowest BCUT2D eigenvalue weighted by molar-refractivity contribution is 0.414. The zero-order valence-corrected chi connectivity index (χ0v) is 12.9. The SMILES string of the molecule is COc1cccc(CC(Cl)CCc2ccc(C)cc2)c1. The molecule has 0 heterocycles. The Hall–Kier alpha value is -1.47. The number of hydrogen-bond donors (Lipinski definition) is 0. The van der Waals surface area contributed by atoms with Gasteiger partial charge >= 0.3 is 0 Å². The van der Waals surface area contributed by atoms with Crippen molar-refractivity contribution in [3.63, 3.8) is 0 Å². The number of halogens is 1. The number of methoxy groups -OCH3 is 1. The third kappa shape index (κ3) is 4.57. The van der Waals surface area contributed by atoms with E-state index in [-0.39, 0.29) is 5.38 Å². The summed E-state index contributed by atoms with van der Waals surface area (Å²) in [4.78, 5) is 0. The predicted octanol–water partition coefficient (Wildman–Crippen LogP) is 4.79. The fourth-order valence-corrected chi connectivity index (χ4v) is 2.52. The van der Waals surface area contributed by atoms with Crippen LogP contribution in [-0.4, -0.2) is 12.5 Å². The van der Waals surface area contributed by atoms with Gasteiger partial charge in [-0.15, -0.1) is 11.6 Å². The molecule has 0 saturated heterocycles. The first kappa shape index (κ1) is 14.9. The van der Waals surface area contributed by atoms with E-state index in [2.05, 4.69) is 43.3 Å². The van der Waals surface area contributed by atoms with Crippen molar-refractivity contribution in [2.45, 2.75) is 31.6 Å². The van der Waals surface area contributed by atoms with Crippen molar-refractivity contribution in [1.82, 2.24) is 0 Å². The summed E-state index contributed by atoms with van der Waals surface area (Å²) in [6, 6.07) is 16.8. The molecular weight excluding hydrogens is 268 g/mol. The zero-order valence-electron chi connectivity index (χ0n) is 12.1. The van der Waals surface area contributed by atoms with Gasteiger partial charge in [-0.05, 0) is 49.4 Å². The normalized spacial score (nSPS) is 12.2. The summed E-state index contributed by atoms with van der Waals surface area (Å²) in [5.74, 6) is 0.893. The number of benzene rings is 2. The molecular formula is C18H21ClO. The lowest BCUT2D eigenvalue weighted by Gasteiger charge is -2.10. The summed E-state index contributed by atoms with van der Waals surface area (Å²) >= 11 is 6.45. The van der Waals surface area contributed by atoms with Crippen molar-refractivity contribution in [3.8, 4) is 5.75 Å². The van der Waals surface area contributed by atoms with Crippen LogP contribution in [0.5, 0.6) is 5.75 Å². The number of ether oxygens (including phenoxy) is 1. The maximum atomic E-state index is 6.45. The van der Waals surface area contributed by atoms with E-state index in [1.807, 2.05) is 12.1 Å². The minimum absolute atomic E-state index is 0.156. The molecule has 0 aliphatic rings. The van der Waals surface area contributed by atoms with E-state index in [4.69, 9.17) is 16.3 Å². The molecule has 0 aliphatic carbocycles. The van der Waals surface area contributed by atoms with E-state index in [1.54, 1.807) is 7.11 Å². The van der Waals surface area contributed by atoms with E-state index in [0.717, 1.165) is 25.0 Å². The average Bonchev–Trinajstić information content (AvgIpc) is 2.47. The molecule has 2 aromatic rings. The molecule has 0 fully saturated rings. The number of rotatable bonds is 6. The van der Waals surface area contributed by atoms with E-state index >= 15 is 0 Å². The van der Waals surface area contributed by atoms with Crippen LogP contribution in [0, 0.1) is 6.92 Å². The van der Waals surface area contributed by atoms with Crippen molar-refractivity contribution in [1.29, 1.82) is 0 Å². The Labute approximate surface area is 126 Å². The second-order valence-electron chi connectivity index (χ2n) is 5.18. The summed E-state index contributed by atoms with van der Waals surface area (Å²) in [5, 5.41) is 0.156. The van der Waals surface area contributed by atoms with Crippen LogP contribution in [0.15, 0.2) is 48.5 Å². The van der Waals surface area contributed by atoms with Crippen LogP contribution in [0.2, 0.25) is 0 Å². The van der Waals surface area contributed by atoms with Gasteiger partial charge in [0.2, 0.25) is 0 Å². The molecule has 1 atom stereocenters. The molecule has 0 aromatic heterocycles. The molecule has 0 aliphatic heterocycles. The fraction of sp³-hybridized carbons (Fsp3) is 0.333. The van der Waals surface area contributed by atoms with Crippen molar-refractivity contribution in [3.05, 3.63) is 65.2 Å². The molecule has 1 unspecified atom stereocenters. The maximum Gasteiger partial charge on any atom is 0.119 e. The Bertz CT molecular complexity index is 533. The van der Waals surface area contributed by atoms with Gasteiger partial charge in [0.1, 0.15) is 5.75 Å². The van der Waals surface area contributed by atoms with Crippen LogP contribution in [0.1, 0.15) is 23.1 Å². The van der Waals surface area contributed by atoms with E-state index in [9.17, 15) is 0 Å². The predicted molar refractivity (Wildman–Crippen MR) is 85.8 cm³/mol. The smallest absolute Gasteiger partial charge is 0.119 e. The zero-order chi connectivity index (χ0) is 14.4. The minimum atomic E-state index is 0.156. The summed E-state index contributed by atoms with van der Waals surface area (Å²) in [5.41, 5.74) is 3.88. The summed E-state index contributed by atoms with van der Waals surface area (Å²) in [6.45, 7) is 2.11. The summed E-state index contributed by atoms with van der Waals surface area (Å²) in [7, 11) is 1.69. The topological polar surface area (TPSA) is 9.23 Å². The molecule has 1 nitrogen and oxygen atoms in total. The largest absolute Gasteiger partial charge is 0.497 e. The Kier molecular flexibility index (Phi) is 5.49. The van der Waals surface area contributed by atoms with Crippen molar-refractivity contribution >= 4 is 11.6 Å². The molecule has 0 amide bonds. The molecule has 0 radical (unpaired) electrons. The van der Waals surface area contributed by atoms with Gasteiger partial charge in [-0.2, -0.15) is 0 Å². The highest BCUT2D eigenvalue weighted by Gasteiger charge is 2.07. The molecule has 0 spiro atoms. The number of hydrogen-bond acceptors (Lipinski definition) is 1. The summed E-state index contributed by atoms with van der Waals surface area (Å²) < 4.78 is 5.23. The fourth-order valence-electron chi connectivity index (χ4n) is 2.24. The van der Waals surface area contributed by atoms with Crippen LogP contribution in [0.4, 0.5) is 0 Å². The van der Waals surface area contributed by atoms with E-state index in [1.165, 1.54) is 16.7 Å². The third-order valence-corrected chi connectivity index (χ3v) is 3.83. The first-order chi connectivity index (χ1) is 9.67. The first-order valence-corrected chi connectivity index (χ1v) is 7.43. The standard InChI is InChI=1S/C18H21ClO/c1-14-6-8-15(9-7-14)10-11-17(19)12-16-4-3-5-18(13-16)20-2/h3-9,13,17H,10-12H2,1-2H3. The Morgan fingerprint density at radius 2 is 1.80 bits per heavy atom. The average molecular weight is 289 g/mol. The molecule has 0 saturated carbocycles. The van der Waals surface area contributed by atoms with Crippen molar-refractivity contribution in [2.24, 2.45) is 0 Å². The van der Waals surface area contributed by atoms with Gasteiger partial charge in [0.05, 0.1) is 7.11 Å². The van der Waals surface area contributed by atoms with Crippen molar-refractivity contribution < 1.29 is 4.74 Å². The Morgan fingerprint density at radius 3 is 2.50 bits per heavy atom. The third-order valence-electron chi connectivity index (χ3n) is 3.46. The Balaban J connectivity index is 1.85. The second-order valence-corrected chi connectivity index (χ2v) is 5.79. The monoisotopic (exact) mass is 288 g/mol. The second kappa shape index (κ2) is 7.35. The minimum Gasteiger partial charge on any atom is -0.497 e. The maximum absolute atomic E-state index is 6.45. The van der Waals surface area contributed by atoms with Crippen LogP contribution >= 0.6 is 11.6 Å². The van der Waals surface area contributed by atoms with Gasteiger partial charge < -0.3 is 4.74 Å². The van der Waals surface area contributed by atoms with Crippen LogP contribution in [0.3, 0.4) is 0 Å². The van der Waals surface area contributed by atoms with Gasteiger partial charge in [0.15, 0.2) is 0 Å². The highest BCUT2D eigenvalue weighted by Crippen LogP contribution is 2.18. The van der Waals surface area contributed by atoms with E-state index in [0.29, 0.717) is 0 Å². The molecule has 106 valence electrons. The molecule has 2 aromatic carbocycles. The van der Waals surface area contributed by atoms with E-state index < -0.39 is 0 Å². The van der Waals surface area contributed by atoms with Crippen molar-refractivity contribution in [2.75, 3.05) is 7.11 Å². The van der Waals surface area contributed by atoms with Crippen LogP contribution in [-0.2, 0) is 12.8 Å². The number of aryl methyl sites for hydroxylation is 2. The molecule has 20 heavy (non-hydrogen) atoms.